The molecule has 0 amide bonds. The molecule has 0 aromatic heterocycles. The minimum absolute atomic E-state index is 0.750. The number of rotatable bonds is 1. The summed E-state index contributed by atoms with van der Waals surface area (Å²) in [6.07, 6.45) is 2.71. The highest BCUT2D eigenvalue weighted by Crippen LogP contribution is 2.31. The van der Waals surface area contributed by atoms with E-state index in [1.165, 1.54) is 37.2 Å². The van der Waals surface area contributed by atoms with Gasteiger partial charge in [0.2, 0.25) is 0 Å². The molecule has 2 aliphatic rings. The molecule has 3 rings (SSSR count). The molecule has 3 heteroatoms. The largest absolute Gasteiger partial charge is 0.367 e. The lowest BCUT2D eigenvalue weighted by Crippen LogP contribution is -2.50. The monoisotopic (exact) mass is 250 g/mol. The zero-order valence-electron chi connectivity index (χ0n) is 10.3. The molecule has 0 radical (unpaired) electrons. The van der Waals surface area contributed by atoms with E-state index in [4.69, 9.17) is 11.6 Å². The van der Waals surface area contributed by atoms with Crippen molar-refractivity contribution >= 4 is 17.3 Å². The summed E-state index contributed by atoms with van der Waals surface area (Å²) >= 11 is 6.32. The standard InChI is InChI=1S/C14H19ClN2/c1-11-4-5-13(15)14(9-11)17-8-7-16-6-2-3-12(16)10-17/h4-5,9,12H,2-3,6-8,10H2,1H3. The summed E-state index contributed by atoms with van der Waals surface area (Å²) in [7, 11) is 0. The van der Waals surface area contributed by atoms with E-state index in [-0.39, 0.29) is 0 Å². The van der Waals surface area contributed by atoms with Crippen molar-refractivity contribution in [3.05, 3.63) is 28.8 Å². The second kappa shape index (κ2) is 4.51. The van der Waals surface area contributed by atoms with Crippen molar-refractivity contribution in [3.8, 4) is 0 Å². The predicted octanol–water partition coefficient (Wildman–Crippen LogP) is 2.93. The van der Waals surface area contributed by atoms with Crippen LogP contribution in [0, 0.1) is 6.92 Å². The molecule has 0 aliphatic carbocycles. The van der Waals surface area contributed by atoms with Gasteiger partial charge in [-0.2, -0.15) is 0 Å². The van der Waals surface area contributed by atoms with Gasteiger partial charge in [0.1, 0.15) is 0 Å². The molecule has 92 valence electrons. The second-order valence-corrected chi connectivity index (χ2v) is 5.64. The summed E-state index contributed by atoms with van der Waals surface area (Å²) in [5.41, 5.74) is 2.51. The summed E-state index contributed by atoms with van der Waals surface area (Å²) in [6.45, 7) is 6.86. The molecule has 2 heterocycles. The van der Waals surface area contributed by atoms with Crippen molar-refractivity contribution in [1.82, 2.24) is 4.90 Å². The van der Waals surface area contributed by atoms with Gasteiger partial charge in [-0.25, -0.2) is 0 Å². The Balaban J connectivity index is 1.82. The molecular formula is C14H19ClN2. The van der Waals surface area contributed by atoms with Gasteiger partial charge < -0.3 is 4.90 Å². The fraction of sp³-hybridized carbons (Fsp3) is 0.571. The number of hydrogen-bond acceptors (Lipinski definition) is 2. The van der Waals surface area contributed by atoms with E-state index in [1.807, 2.05) is 6.07 Å². The van der Waals surface area contributed by atoms with E-state index in [2.05, 4.69) is 28.9 Å². The highest BCUT2D eigenvalue weighted by Gasteiger charge is 2.31. The molecular weight excluding hydrogens is 232 g/mol. The van der Waals surface area contributed by atoms with Gasteiger partial charge in [-0.1, -0.05) is 17.7 Å². The minimum atomic E-state index is 0.750. The molecule has 2 nitrogen and oxygen atoms in total. The van der Waals surface area contributed by atoms with Gasteiger partial charge in [-0.05, 0) is 44.0 Å². The van der Waals surface area contributed by atoms with E-state index in [0.29, 0.717) is 0 Å². The molecule has 0 bridgehead atoms. The van der Waals surface area contributed by atoms with Crippen molar-refractivity contribution in [2.45, 2.75) is 25.8 Å². The molecule has 17 heavy (non-hydrogen) atoms. The third-order valence-corrected chi connectivity index (χ3v) is 4.35. The van der Waals surface area contributed by atoms with Gasteiger partial charge in [0.25, 0.3) is 0 Å². The van der Waals surface area contributed by atoms with Gasteiger partial charge in [0.15, 0.2) is 0 Å². The molecule has 0 saturated carbocycles. The fourth-order valence-corrected chi connectivity index (χ4v) is 3.31. The van der Waals surface area contributed by atoms with Crippen LogP contribution in [0.5, 0.6) is 0 Å². The van der Waals surface area contributed by atoms with Crippen molar-refractivity contribution in [3.63, 3.8) is 0 Å². The molecule has 2 aliphatic heterocycles. The van der Waals surface area contributed by atoms with Crippen molar-refractivity contribution in [2.24, 2.45) is 0 Å². The van der Waals surface area contributed by atoms with Crippen LogP contribution >= 0.6 is 11.6 Å². The van der Waals surface area contributed by atoms with Crippen LogP contribution in [-0.2, 0) is 0 Å². The lowest BCUT2D eigenvalue weighted by atomic mass is 10.1. The summed E-state index contributed by atoms with van der Waals surface area (Å²) < 4.78 is 0. The summed E-state index contributed by atoms with van der Waals surface area (Å²) in [5.74, 6) is 0. The molecule has 0 spiro atoms. The maximum atomic E-state index is 6.32. The molecule has 2 fully saturated rings. The normalized spacial score (nSPS) is 25.1. The lowest BCUT2D eigenvalue weighted by Gasteiger charge is -2.39. The molecule has 2 saturated heterocycles. The Morgan fingerprint density at radius 1 is 1.24 bits per heavy atom. The van der Waals surface area contributed by atoms with Gasteiger partial charge in [0, 0.05) is 25.7 Å². The smallest absolute Gasteiger partial charge is 0.0639 e. The highest BCUT2D eigenvalue weighted by atomic mass is 35.5. The van der Waals surface area contributed by atoms with Gasteiger partial charge in [0.05, 0.1) is 10.7 Å². The first-order valence-corrected chi connectivity index (χ1v) is 6.87. The van der Waals surface area contributed by atoms with E-state index < -0.39 is 0 Å². The van der Waals surface area contributed by atoms with Gasteiger partial charge >= 0.3 is 0 Å². The van der Waals surface area contributed by atoms with Gasteiger partial charge in [-0.3, -0.25) is 4.90 Å². The number of benzene rings is 1. The Morgan fingerprint density at radius 2 is 2.12 bits per heavy atom. The van der Waals surface area contributed by atoms with Crippen molar-refractivity contribution in [2.75, 3.05) is 31.1 Å². The number of aryl methyl sites for hydroxylation is 1. The second-order valence-electron chi connectivity index (χ2n) is 5.23. The number of nitrogens with zero attached hydrogens (tertiary/aromatic N) is 2. The van der Waals surface area contributed by atoms with Crippen LogP contribution < -0.4 is 4.90 Å². The van der Waals surface area contributed by atoms with Crippen LogP contribution in [0.1, 0.15) is 18.4 Å². The van der Waals surface area contributed by atoms with Crippen LogP contribution in [0.4, 0.5) is 5.69 Å². The summed E-state index contributed by atoms with van der Waals surface area (Å²) in [4.78, 5) is 5.09. The molecule has 1 unspecified atom stereocenters. The number of fused-ring (bicyclic) bond motifs is 1. The average Bonchev–Trinajstić information content (AvgIpc) is 2.79. The number of hydrogen-bond donors (Lipinski definition) is 0. The number of halogens is 1. The summed E-state index contributed by atoms with van der Waals surface area (Å²) in [5, 5.41) is 0.891. The van der Waals surface area contributed by atoms with Crippen molar-refractivity contribution < 1.29 is 0 Å². The van der Waals surface area contributed by atoms with Crippen LogP contribution in [-0.4, -0.2) is 37.1 Å². The van der Waals surface area contributed by atoms with E-state index in [0.717, 1.165) is 24.2 Å². The van der Waals surface area contributed by atoms with Gasteiger partial charge in [-0.15, -0.1) is 0 Å². The minimum Gasteiger partial charge on any atom is -0.367 e. The zero-order valence-corrected chi connectivity index (χ0v) is 11.1. The Hall–Kier alpha value is -0.730. The van der Waals surface area contributed by atoms with E-state index in [9.17, 15) is 0 Å². The lowest BCUT2D eigenvalue weighted by molar-refractivity contribution is 0.231. The zero-order chi connectivity index (χ0) is 11.8. The van der Waals surface area contributed by atoms with E-state index in [1.54, 1.807) is 0 Å². The fourth-order valence-electron chi connectivity index (χ4n) is 3.07. The van der Waals surface area contributed by atoms with Crippen LogP contribution in [0.25, 0.3) is 0 Å². The molecule has 1 aromatic carbocycles. The molecule has 0 N–H and O–H groups in total. The summed E-state index contributed by atoms with van der Waals surface area (Å²) in [6, 6.07) is 7.07. The first-order valence-electron chi connectivity index (χ1n) is 6.49. The SMILES string of the molecule is Cc1ccc(Cl)c(N2CCN3CCCC3C2)c1. The Labute approximate surface area is 108 Å². The topological polar surface area (TPSA) is 6.48 Å². The van der Waals surface area contributed by atoms with E-state index >= 15 is 0 Å². The Morgan fingerprint density at radius 3 is 3.00 bits per heavy atom. The van der Waals surface area contributed by atoms with Crippen LogP contribution in [0.2, 0.25) is 5.02 Å². The quantitative estimate of drug-likeness (QED) is 0.756. The number of piperazine rings is 1. The predicted molar refractivity (Wildman–Crippen MR) is 73.0 cm³/mol. The third-order valence-electron chi connectivity index (χ3n) is 4.03. The van der Waals surface area contributed by atoms with Crippen LogP contribution in [0.15, 0.2) is 18.2 Å². The average molecular weight is 251 g/mol. The Bertz CT molecular complexity index is 419. The molecule has 1 aromatic rings. The maximum absolute atomic E-state index is 6.32. The van der Waals surface area contributed by atoms with Crippen LogP contribution in [0.3, 0.4) is 0 Å². The first kappa shape index (κ1) is 11.4. The maximum Gasteiger partial charge on any atom is 0.0639 e. The first-order chi connectivity index (χ1) is 8.24. The van der Waals surface area contributed by atoms with Crippen molar-refractivity contribution in [1.29, 1.82) is 0 Å². The third kappa shape index (κ3) is 2.16. The Kier molecular flexibility index (Phi) is 3.01. The molecule has 1 atom stereocenters. The number of anilines is 1. The highest BCUT2D eigenvalue weighted by molar-refractivity contribution is 6.33.